The number of carbonyl (C=O) groups excluding carboxylic acids is 2. The van der Waals surface area contributed by atoms with Crippen molar-refractivity contribution in [3.05, 3.63) is 0 Å². The van der Waals surface area contributed by atoms with Crippen LogP contribution >= 0.6 is 21.6 Å². The molecule has 0 N–H and O–H groups in total. The average molecular weight is 662 g/mol. The number of hydrogen-bond donors (Lipinski definition) is 0. The van der Waals surface area contributed by atoms with E-state index in [-0.39, 0.29) is 11.9 Å². The van der Waals surface area contributed by atoms with Gasteiger partial charge in [-0.2, -0.15) is 0 Å². The Morgan fingerprint density at radius 3 is 1.77 bits per heavy atom. The lowest BCUT2D eigenvalue weighted by atomic mass is 9.94. The van der Waals surface area contributed by atoms with Crippen LogP contribution in [0.3, 0.4) is 0 Å². The summed E-state index contributed by atoms with van der Waals surface area (Å²) >= 11 is 0. The number of esters is 2. The molecule has 264 valence electrons. The van der Waals surface area contributed by atoms with E-state index >= 15 is 0 Å². The molecule has 0 radical (unpaired) electrons. The second-order valence-electron chi connectivity index (χ2n) is 12.5. The lowest BCUT2D eigenvalue weighted by molar-refractivity contribution is -0.146. The number of unbranched alkanes of at least 4 members (excludes halogenated alkanes) is 8. The predicted molar refractivity (Wildman–Crippen MR) is 198 cm³/mol. The van der Waals surface area contributed by atoms with Gasteiger partial charge in [0, 0.05) is 25.1 Å². The fourth-order valence-electron chi connectivity index (χ4n) is 5.20. The predicted octanol–water partition coefficient (Wildman–Crippen LogP) is 11.5. The summed E-state index contributed by atoms with van der Waals surface area (Å²) in [5, 5.41) is 0. The molecule has 44 heavy (non-hydrogen) atoms. The molecule has 5 nitrogen and oxygen atoms in total. The number of piperidine rings is 1. The van der Waals surface area contributed by atoms with Crippen LogP contribution in [0.25, 0.3) is 0 Å². The minimum atomic E-state index is -0.179. The number of rotatable bonds is 25. The maximum absolute atomic E-state index is 12.3. The summed E-state index contributed by atoms with van der Waals surface area (Å²) in [5.74, 6) is 1.99. The summed E-state index contributed by atoms with van der Waals surface area (Å²) in [5.41, 5.74) is 0. The largest absolute Gasteiger partial charge is 0.466 e. The van der Waals surface area contributed by atoms with E-state index < -0.39 is 0 Å². The molecule has 0 saturated carbocycles. The molecule has 0 aromatic heterocycles. The van der Waals surface area contributed by atoms with Crippen molar-refractivity contribution in [2.24, 2.45) is 11.8 Å². The first kappa shape index (κ1) is 45.7. The Hall–Kier alpha value is -0.400. The molecule has 1 aliphatic rings. The summed E-state index contributed by atoms with van der Waals surface area (Å²) in [6.45, 7) is 17.5. The molecule has 1 atom stereocenters. The molecular weight excluding hydrogens is 587 g/mol. The molecule has 1 fully saturated rings. The summed E-state index contributed by atoms with van der Waals surface area (Å²) in [6.07, 6.45) is 24.3. The standard InChI is InChI=1S/C31H59NO4S2.2C3H8/c1-4-6-8-10-11-13-16-29(15-12-9-7-5-2)27-36-31(34)18-14-17-30(33)35-25-21-28-19-22-32(23-20-28)24-26-38-37-3;2*1-3-2/h28-29H,4-27H2,1-3H3;2*3H2,1-2H3. The van der Waals surface area contributed by atoms with Gasteiger partial charge in [0.1, 0.15) is 0 Å². The van der Waals surface area contributed by atoms with Crippen LogP contribution in [0.1, 0.15) is 170 Å². The van der Waals surface area contributed by atoms with Crippen LogP contribution < -0.4 is 0 Å². The lowest BCUT2D eigenvalue weighted by Gasteiger charge is -2.31. The molecule has 1 rings (SSSR count). The van der Waals surface area contributed by atoms with Gasteiger partial charge in [-0.05, 0) is 69.7 Å². The smallest absolute Gasteiger partial charge is 0.305 e. The van der Waals surface area contributed by atoms with E-state index in [4.69, 9.17) is 9.47 Å². The van der Waals surface area contributed by atoms with Gasteiger partial charge >= 0.3 is 11.9 Å². The minimum Gasteiger partial charge on any atom is -0.466 e. The topological polar surface area (TPSA) is 55.8 Å². The molecule has 0 aromatic rings. The zero-order chi connectivity index (χ0) is 33.1. The van der Waals surface area contributed by atoms with E-state index in [1.807, 2.05) is 21.6 Å². The molecule has 0 bridgehead atoms. The van der Waals surface area contributed by atoms with Crippen LogP contribution in [0.4, 0.5) is 0 Å². The van der Waals surface area contributed by atoms with Crippen molar-refractivity contribution in [1.82, 2.24) is 4.90 Å². The number of ether oxygens (including phenoxy) is 2. The quantitative estimate of drug-likeness (QED) is 0.0548. The van der Waals surface area contributed by atoms with Gasteiger partial charge in [0.2, 0.25) is 0 Å². The molecule has 0 spiro atoms. The van der Waals surface area contributed by atoms with Crippen molar-refractivity contribution >= 4 is 33.5 Å². The van der Waals surface area contributed by atoms with Gasteiger partial charge in [0.25, 0.3) is 0 Å². The Morgan fingerprint density at radius 2 is 1.23 bits per heavy atom. The highest BCUT2D eigenvalue weighted by Gasteiger charge is 2.19. The third kappa shape index (κ3) is 33.0. The molecule has 0 aliphatic carbocycles. The fraction of sp³-hybridized carbons (Fsp3) is 0.946. The van der Waals surface area contributed by atoms with E-state index in [0.717, 1.165) is 32.4 Å². The van der Waals surface area contributed by atoms with Crippen molar-refractivity contribution in [2.75, 3.05) is 44.9 Å². The van der Waals surface area contributed by atoms with Crippen molar-refractivity contribution in [2.45, 2.75) is 170 Å². The molecule has 1 unspecified atom stereocenters. The Labute approximate surface area is 283 Å². The first-order valence-electron chi connectivity index (χ1n) is 18.6. The highest BCUT2D eigenvalue weighted by Crippen LogP contribution is 2.23. The van der Waals surface area contributed by atoms with Crippen LogP contribution in [-0.2, 0) is 19.1 Å². The maximum atomic E-state index is 12.3. The number of nitrogens with zero attached hydrogens (tertiary/aromatic N) is 1. The summed E-state index contributed by atoms with van der Waals surface area (Å²) < 4.78 is 11.1. The SMILES string of the molecule is CCC.CCC.CCCCCCCCC(CCCCCC)COC(=O)CCCC(=O)OCCC1CCN(CCSSC)CC1. The molecular formula is C37H75NO4S2. The molecule has 1 aliphatic heterocycles. The van der Waals surface area contributed by atoms with Gasteiger partial charge in [-0.3, -0.25) is 9.59 Å². The fourth-order valence-corrected chi connectivity index (χ4v) is 6.43. The van der Waals surface area contributed by atoms with Crippen molar-refractivity contribution in [3.63, 3.8) is 0 Å². The highest BCUT2D eigenvalue weighted by atomic mass is 33.1. The minimum absolute atomic E-state index is 0.165. The molecule has 1 heterocycles. The molecule has 0 aromatic carbocycles. The second-order valence-corrected chi connectivity index (χ2v) is 15.2. The van der Waals surface area contributed by atoms with Crippen LogP contribution in [0.2, 0.25) is 0 Å². The Morgan fingerprint density at radius 1 is 0.727 bits per heavy atom. The zero-order valence-corrected chi connectivity index (χ0v) is 32.1. The summed E-state index contributed by atoms with van der Waals surface area (Å²) in [4.78, 5) is 27.0. The molecule has 0 amide bonds. The maximum Gasteiger partial charge on any atom is 0.305 e. The zero-order valence-electron chi connectivity index (χ0n) is 30.4. The van der Waals surface area contributed by atoms with Crippen LogP contribution in [0.15, 0.2) is 0 Å². The highest BCUT2D eigenvalue weighted by molar-refractivity contribution is 8.76. The van der Waals surface area contributed by atoms with Crippen molar-refractivity contribution < 1.29 is 19.1 Å². The van der Waals surface area contributed by atoms with Gasteiger partial charge in [0.05, 0.1) is 13.2 Å². The lowest BCUT2D eigenvalue weighted by Crippen LogP contribution is -2.35. The number of carbonyl (C=O) groups is 2. The molecule has 7 heteroatoms. The van der Waals surface area contributed by atoms with Gasteiger partial charge < -0.3 is 14.4 Å². The first-order valence-corrected chi connectivity index (χ1v) is 21.3. The second kappa shape index (κ2) is 37.1. The summed E-state index contributed by atoms with van der Waals surface area (Å²) in [6, 6.07) is 0. The Bertz CT molecular complexity index is 598. The van der Waals surface area contributed by atoms with Gasteiger partial charge in [-0.15, -0.1) is 0 Å². The van der Waals surface area contributed by atoms with Crippen LogP contribution in [0, 0.1) is 11.8 Å². The van der Waals surface area contributed by atoms with Gasteiger partial charge in [0.15, 0.2) is 0 Å². The van der Waals surface area contributed by atoms with Crippen LogP contribution in [-0.4, -0.2) is 61.7 Å². The van der Waals surface area contributed by atoms with E-state index in [9.17, 15) is 9.59 Å². The first-order chi connectivity index (χ1) is 21.4. The van der Waals surface area contributed by atoms with E-state index in [1.54, 1.807) is 0 Å². The summed E-state index contributed by atoms with van der Waals surface area (Å²) in [7, 11) is 3.77. The number of likely N-dealkylation sites (tertiary alicyclic amines) is 1. The average Bonchev–Trinajstić information content (AvgIpc) is 3.01. The number of hydrogen-bond acceptors (Lipinski definition) is 7. The van der Waals surface area contributed by atoms with Crippen molar-refractivity contribution in [1.29, 1.82) is 0 Å². The van der Waals surface area contributed by atoms with Gasteiger partial charge in [-0.25, -0.2) is 0 Å². The van der Waals surface area contributed by atoms with E-state index in [1.165, 1.54) is 102 Å². The van der Waals surface area contributed by atoms with Gasteiger partial charge in [-0.1, -0.05) is 140 Å². The monoisotopic (exact) mass is 662 g/mol. The normalized spacial score (nSPS) is 14.2. The van der Waals surface area contributed by atoms with Crippen LogP contribution in [0.5, 0.6) is 0 Å². The van der Waals surface area contributed by atoms with E-state index in [2.05, 4.69) is 52.7 Å². The Kier molecular flexibility index (Phi) is 38.5. The Balaban J connectivity index is 0. The third-order valence-electron chi connectivity index (χ3n) is 7.78. The third-order valence-corrected chi connectivity index (χ3v) is 9.57. The van der Waals surface area contributed by atoms with Crippen molar-refractivity contribution in [3.8, 4) is 0 Å². The van der Waals surface area contributed by atoms with E-state index in [0.29, 0.717) is 44.3 Å². The molecule has 1 saturated heterocycles.